The molecule has 4 heteroatoms. The van der Waals surface area contributed by atoms with Crippen LogP contribution in [0.2, 0.25) is 0 Å². The van der Waals surface area contributed by atoms with Crippen molar-refractivity contribution in [3.63, 3.8) is 0 Å². The molecule has 1 unspecified atom stereocenters. The summed E-state index contributed by atoms with van der Waals surface area (Å²) in [7, 11) is 0. The first-order chi connectivity index (χ1) is 8.40. The summed E-state index contributed by atoms with van der Waals surface area (Å²) in [6.07, 6.45) is 7.99. The average molecular weight is 231 g/mol. The Labute approximate surface area is 102 Å². The SMILES string of the molecule is N#Cc1ccncc1OCCC1CCCCN1. The zero-order chi connectivity index (χ0) is 11.9. The van der Waals surface area contributed by atoms with Crippen LogP contribution in [0.15, 0.2) is 18.5 Å². The van der Waals surface area contributed by atoms with Crippen LogP contribution < -0.4 is 10.1 Å². The minimum Gasteiger partial charge on any atom is -0.491 e. The predicted molar refractivity (Wildman–Crippen MR) is 64.7 cm³/mol. The molecule has 1 aromatic rings. The summed E-state index contributed by atoms with van der Waals surface area (Å²) < 4.78 is 5.61. The molecule has 1 fully saturated rings. The second-order valence-electron chi connectivity index (χ2n) is 4.27. The van der Waals surface area contributed by atoms with Crippen LogP contribution in [-0.2, 0) is 0 Å². The van der Waals surface area contributed by atoms with Gasteiger partial charge in [0.1, 0.15) is 6.07 Å². The third-order valence-electron chi connectivity index (χ3n) is 3.04. The molecule has 1 atom stereocenters. The van der Waals surface area contributed by atoms with Crippen molar-refractivity contribution in [2.24, 2.45) is 0 Å². The summed E-state index contributed by atoms with van der Waals surface area (Å²) in [5.41, 5.74) is 0.552. The predicted octanol–water partition coefficient (Wildman–Crippen LogP) is 1.86. The largest absolute Gasteiger partial charge is 0.491 e. The number of nitrogens with zero attached hydrogens (tertiary/aromatic N) is 2. The summed E-state index contributed by atoms with van der Waals surface area (Å²) >= 11 is 0. The summed E-state index contributed by atoms with van der Waals surface area (Å²) in [5, 5.41) is 12.4. The van der Waals surface area contributed by atoms with Crippen LogP contribution in [0.4, 0.5) is 0 Å². The van der Waals surface area contributed by atoms with Gasteiger partial charge >= 0.3 is 0 Å². The summed E-state index contributed by atoms with van der Waals surface area (Å²) in [6.45, 7) is 1.75. The third-order valence-corrected chi connectivity index (χ3v) is 3.04. The van der Waals surface area contributed by atoms with Gasteiger partial charge in [0.05, 0.1) is 18.4 Å². The van der Waals surface area contributed by atoms with Crippen molar-refractivity contribution in [2.75, 3.05) is 13.2 Å². The van der Waals surface area contributed by atoms with Crippen molar-refractivity contribution < 1.29 is 4.74 Å². The van der Waals surface area contributed by atoms with Gasteiger partial charge in [-0.1, -0.05) is 6.42 Å². The van der Waals surface area contributed by atoms with Crippen LogP contribution in [0.1, 0.15) is 31.2 Å². The maximum atomic E-state index is 8.90. The maximum absolute atomic E-state index is 8.90. The highest BCUT2D eigenvalue weighted by Crippen LogP contribution is 2.16. The van der Waals surface area contributed by atoms with E-state index < -0.39 is 0 Å². The fraction of sp³-hybridized carbons (Fsp3) is 0.538. The Bertz CT molecular complexity index is 394. The number of hydrogen-bond acceptors (Lipinski definition) is 4. The molecule has 0 aliphatic carbocycles. The Balaban J connectivity index is 1.79. The van der Waals surface area contributed by atoms with E-state index in [-0.39, 0.29) is 0 Å². The standard InChI is InChI=1S/C13H17N3O/c14-9-11-4-7-15-10-13(11)17-8-5-12-3-1-2-6-16-12/h4,7,10,12,16H,1-3,5-6,8H2. The molecular formula is C13H17N3O. The fourth-order valence-electron chi connectivity index (χ4n) is 2.07. The van der Waals surface area contributed by atoms with Gasteiger partial charge in [0, 0.05) is 12.2 Å². The van der Waals surface area contributed by atoms with E-state index in [0.717, 1.165) is 13.0 Å². The van der Waals surface area contributed by atoms with E-state index >= 15 is 0 Å². The quantitative estimate of drug-likeness (QED) is 0.859. The number of ether oxygens (including phenoxy) is 1. The molecule has 0 bridgehead atoms. The number of aromatic nitrogens is 1. The van der Waals surface area contributed by atoms with E-state index in [1.165, 1.54) is 19.3 Å². The van der Waals surface area contributed by atoms with Crippen LogP contribution >= 0.6 is 0 Å². The molecule has 1 aliphatic rings. The van der Waals surface area contributed by atoms with Crippen molar-refractivity contribution >= 4 is 0 Å². The van der Waals surface area contributed by atoms with Crippen LogP contribution in [0.25, 0.3) is 0 Å². The first-order valence-corrected chi connectivity index (χ1v) is 6.10. The molecule has 2 rings (SSSR count). The number of nitriles is 1. The topological polar surface area (TPSA) is 57.9 Å². The van der Waals surface area contributed by atoms with E-state index in [0.29, 0.717) is 24.0 Å². The second kappa shape index (κ2) is 6.21. The molecule has 1 aliphatic heterocycles. The van der Waals surface area contributed by atoms with E-state index in [2.05, 4.69) is 16.4 Å². The van der Waals surface area contributed by atoms with Crippen molar-refractivity contribution in [3.05, 3.63) is 24.0 Å². The molecule has 17 heavy (non-hydrogen) atoms. The summed E-state index contributed by atoms with van der Waals surface area (Å²) in [6, 6.07) is 4.34. The van der Waals surface area contributed by atoms with Crippen LogP contribution in [0.3, 0.4) is 0 Å². The van der Waals surface area contributed by atoms with Crippen molar-refractivity contribution in [2.45, 2.75) is 31.7 Å². The lowest BCUT2D eigenvalue weighted by Crippen LogP contribution is -2.35. The van der Waals surface area contributed by atoms with Gasteiger partial charge in [-0.15, -0.1) is 0 Å². The fourth-order valence-corrected chi connectivity index (χ4v) is 2.07. The Morgan fingerprint density at radius 1 is 1.53 bits per heavy atom. The van der Waals surface area contributed by atoms with E-state index in [9.17, 15) is 0 Å². The molecule has 0 radical (unpaired) electrons. The molecular weight excluding hydrogens is 214 g/mol. The van der Waals surface area contributed by atoms with E-state index in [4.69, 9.17) is 10.00 Å². The highest BCUT2D eigenvalue weighted by Gasteiger charge is 2.12. The molecule has 90 valence electrons. The number of rotatable bonds is 4. The molecule has 1 N–H and O–H groups in total. The van der Waals surface area contributed by atoms with Gasteiger partial charge < -0.3 is 10.1 Å². The smallest absolute Gasteiger partial charge is 0.155 e. The highest BCUT2D eigenvalue weighted by molar-refractivity contribution is 5.40. The van der Waals surface area contributed by atoms with E-state index in [1.54, 1.807) is 18.5 Å². The Kier molecular flexibility index (Phi) is 4.34. The van der Waals surface area contributed by atoms with E-state index in [1.807, 2.05) is 0 Å². The molecule has 0 spiro atoms. The third kappa shape index (κ3) is 3.43. The summed E-state index contributed by atoms with van der Waals surface area (Å²) in [4.78, 5) is 3.97. The average Bonchev–Trinajstić information content (AvgIpc) is 2.40. The number of pyridine rings is 1. The van der Waals surface area contributed by atoms with Gasteiger partial charge in [0.2, 0.25) is 0 Å². The number of nitrogens with one attached hydrogen (secondary N) is 1. The van der Waals surface area contributed by atoms with Gasteiger partial charge in [0.25, 0.3) is 0 Å². The lowest BCUT2D eigenvalue weighted by molar-refractivity contribution is 0.267. The second-order valence-corrected chi connectivity index (χ2v) is 4.27. The molecule has 0 aromatic carbocycles. The highest BCUT2D eigenvalue weighted by atomic mass is 16.5. The van der Waals surface area contributed by atoms with Crippen LogP contribution in [0.5, 0.6) is 5.75 Å². The maximum Gasteiger partial charge on any atom is 0.155 e. The first-order valence-electron chi connectivity index (χ1n) is 6.10. The van der Waals surface area contributed by atoms with Crippen molar-refractivity contribution in [1.82, 2.24) is 10.3 Å². The number of piperidine rings is 1. The zero-order valence-electron chi connectivity index (χ0n) is 9.85. The normalized spacial score (nSPS) is 19.6. The Morgan fingerprint density at radius 3 is 3.24 bits per heavy atom. The Hall–Kier alpha value is -1.60. The number of hydrogen-bond donors (Lipinski definition) is 1. The molecule has 0 amide bonds. The van der Waals surface area contributed by atoms with Crippen molar-refractivity contribution in [1.29, 1.82) is 5.26 Å². The van der Waals surface area contributed by atoms with Gasteiger partial charge in [-0.05, 0) is 31.9 Å². The molecule has 2 heterocycles. The molecule has 1 aromatic heterocycles. The summed E-state index contributed by atoms with van der Waals surface area (Å²) in [5.74, 6) is 0.589. The minimum absolute atomic E-state index is 0.552. The Morgan fingerprint density at radius 2 is 2.47 bits per heavy atom. The van der Waals surface area contributed by atoms with Crippen LogP contribution in [0, 0.1) is 11.3 Å². The van der Waals surface area contributed by atoms with Crippen molar-refractivity contribution in [3.8, 4) is 11.8 Å². The molecule has 4 nitrogen and oxygen atoms in total. The molecule has 0 saturated carbocycles. The zero-order valence-corrected chi connectivity index (χ0v) is 9.85. The lowest BCUT2D eigenvalue weighted by atomic mass is 10.0. The van der Waals surface area contributed by atoms with Gasteiger partial charge in [-0.3, -0.25) is 4.98 Å². The monoisotopic (exact) mass is 231 g/mol. The lowest BCUT2D eigenvalue weighted by Gasteiger charge is -2.23. The van der Waals surface area contributed by atoms with Crippen LogP contribution in [-0.4, -0.2) is 24.2 Å². The molecule has 1 saturated heterocycles. The van der Waals surface area contributed by atoms with Gasteiger partial charge in [0.15, 0.2) is 5.75 Å². The van der Waals surface area contributed by atoms with Gasteiger partial charge in [-0.25, -0.2) is 0 Å². The van der Waals surface area contributed by atoms with Gasteiger partial charge in [-0.2, -0.15) is 5.26 Å². The first kappa shape index (κ1) is 11.9. The minimum atomic E-state index is 0.552.